The summed E-state index contributed by atoms with van der Waals surface area (Å²) in [6, 6.07) is 0. The third-order valence-electron chi connectivity index (χ3n) is 1.60. The third kappa shape index (κ3) is 0.953. The quantitative estimate of drug-likeness (QED) is 0.229. The highest BCUT2D eigenvalue weighted by atomic mass is 16.3. The van der Waals surface area contributed by atoms with Crippen LogP contribution in [-0.4, -0.2) is 28.8 Å². The van der Waals surface area contributed by atoms with Gasteiger partial charge >= 0.3 is 0 Å². The Kier molecular flexibility index (Phi) is 1.35. The normalized spacial score (nSPS) is 33.0. The maximum Gasteiger partial charge on any atom is 0.226 e. The Morgan fingerprint density at radius 1 is 1.25 bits per heavy atom. The van der Waals surface area contributed by atoms with Gasteiger partial charge in [0, 0.05) is 0 Å². The molecule has 66 valence electrons. The van der Waals surface area contributed by atoms with Crippen LogP contribution in [0, 0.1) is 0 Å². The molecule has 0 radical (unpaired) electrons. The van der Waals surface area contributed by atoms with Crippen molar-refractivity contribution in [1.82, 2.24) is 16.0 Å². The van der Waals surface area contributed by atoms with Crippen LogP contribution in [0.1, 0.15) is 0 Å². The van der Waals surface area contributed by atoms with Gasteiger partial charge in [-0.2, -0.15) is 0 Å². The number of rotatable bonds is 0. The van der Waals surface area contributed by atoms with Crippen LogP contribution in [0.4, 0.5) is 0 Å². The lowest BCUT2D eigenvalue weighted by atomic mass is 10.4. The highest BCUT2D eigenvalue weighted by molar-refractivity contribution is 5.98. The van der Waals surface area contributed by atoms with Gasteiger partial charge in [0.05, 0.1) is 0 Å². The van der Waals surface area contributed by atoms with Crippen LogP contribution in [0.25, 0.3) is 0 Å². The number of hydrogen-bond acceptors (Lipinski definition) is 7. The van der Waals surface area contributed by atoms with E-state index in [9.17, 15) is 0 Å². The molecule has 0 saturated carbocycles. The second-order valence-corrected chi connectivity index (χ2v) is 2.47. The second-order valence-electron chi connectivity index (χ2n) is 2.47. The van der Waals surface area contributed by atoms with Crippen LogP contribution in [-0.2, 0) is 0 Å². The largest absolute Gasteiger partial charge is 0.382 e. The zero-order valence-corrected chi connectivity index (χ0v) is 6.07. The van der Waals surface area contributed by atoms with Crippen LogP contribution in [0.2, 0.25) is 0 Å². The van der Waals surface area contributed by atoms with E-state index in [-0.39, 0.29) is 5.84 Å². The summed E-state index contributed by atoms with van der Waals surface area (Å²) in [5, 5.41) is 25.9. The average Bonchev–Trinajstić information content (AvgIpc) is 2.29. The summed E-state index contributed by atoms with van der Waals surface area (Å²) >= 11 is 0. The Bertz CT molecular complexity index is 273. The maximum absolute atomic E-state index is 9.07. The molecule has 7 nitrogen and oxygen atoms in total. The highest BCUT2D eigenvalue weighted by Crippen LogP contribution is 2.09. The summed E-state index contributed by atoms with van der Waals surface area (Å²) < 4.78 is 0. The van der Waals surface area contributed by atoms with Gasteiger partial charge in [-0.15, -0.1) is 0 Å². The predicted octanol–water partition coefficient (Wildman–Crippen LogP) is -3.14. The third-order valence-corrected chi connectivity index (χ3v) is 1.60. The molecule has 2 aliphatic rings. The van der Waals surface area contributed by atoms with Crippen molar-refractivity contribution in [3.05, 3.63) is 11.5 Å². The molecule has 0 aromatic heterocycles. The van der Waals surface area contributed by atoms with Gasteiger partial charge < -0.3 is 31.9 Å². The molecule has 0 spiro atoms. The maximum atomic E-state index is 9.07. The van der Waals surface area contributed by atoms with Crippen molar-refractivity contribution in [3.8, 4) is 0 Å². The van der Waals surface area contributed by atoms with Crippen molar-refractivity contribution in [2.45, 2.75) is 12.7 Å². The molecule has 0 amide bonds. The minimum absolute atomic E-state index is 0.167. The lowest BCUT2D eigenvalue weighted by Crippen LogP contribution is -2.39. The fraction of sp³-hybridized carbons (Fsp3) is 0.400. The lowest BCUT2D eigenvalue weighted by Gasteiger charge is -2.17. The SMILES string of the molecule is NC1=NC(O)NC2=C1NC(O)N2. The molecule has 0 aliphatic carbocycles. The van der Waals surface area contributed by atoms with Crippen molar-refractivity contribution in [1.29, 1.82) is 0 Å². The van der Waals surface area contributed by atoms with Gasteiger partial charge in [-0.3, -0.25) is 0 Å². The number of nitrogens with one attached hydrogen (secondary N) is 3. The van der Waals surface area contributed by atoms with E-state index in [2.05, 4.69) is 20.9 Å². The fourth-order valence-electron chi connectivity index (χ4n) is 1.13. The molecule has 12 heavy (non-hydrogen) atoms. The highest BCUT2D eigenvalue weighted by Gasteiger charge is 2.27. The minimum atomic E-state index is -1.05. The molecule has 7 heteroatoms. The topological polar surface area (TPSA) is 115 Å². The Morgan fingerprint density at radius 2 is 2.00 bits per heavy atom. The molecule has 0 bridgehead atoms. The summed E-state index contributed by atoms with van der Waals surface area (Å²) in [6.45, 7) is 0. The molecular weight excluding hydrogens is 162 g/mol. The molecular formula is C5H9N5O2. The summed E-state index contributed by atoms with van der Waals surface area (Å²) in [5.74, 6) is 0.628. The van der Waals surface area contributed by atoms with E-state index in [1.807, 2.05) is 0 Å². The fourth-order valence-corrected chi connectivity index (χ4v) is 1.13. The number of nitrogens with zero attached hydrogens (tertiary/aromatic N) is 1. The molecule has 2 atom stereocenters. The Hall–Kier alpha value is -1.47. The first-order chi connectivity index (χ1) is 5.66. The molecule has 2 heterocycles. The number of nitrogens with two attached hydrogens (primary N) is 1. The number of aliphatic hydroxyl groups is 2. The molecule has 2 aliphatic heterocycles. The van der Waals surface area contributed by atoms with Crippen molar-refractivity contribution in [2.24, 2.45) is 10.7 Å². The van der Waals surface area contributed by atoms with E-state index in [0.717, 1.165) is 0 Å². The van der Waals surface area contributed by atoms with E-state index >= 15 is 0 Å². The van der Waals surface area contributed by atoms with Crippen LogP contribution in [0.3, 0.4) is 0 Å². The summed E-state index contributed by atoms with van der Waals surface area (Å²) in [4.78, 5) is 3.63. The summed E-state index contributed by atoms with van der Waals surface area (Å²) in [5.41, 5.74) is 5.93. The van der Waals surface area contributed by atoms with Gasteiger partial charge in [0.2, 0.25) is 12.7 Å². The molecule has 0 saturated heterocycles. The van der Waals surface area contributed by atoms with Crippen LogP contribution in [0.5, 0.6) is 0 Å². The van der Waals surface area contributed by atoms with Crippen LogP contribution >= 0.6 is 0 Å². The molecule has 2 rings (SSSR count). The molecule has 0 aromatic carbocycles. The van der Waals surface area contributed by atoms with E-state index in [1.165, 1.54) is 0 Å². The predicted molar refractivity (Wildman–Crippen MR) is 40.1 cm³/mol. The van der Waals surface area contributed by atoms with Crippen molar-refractivity contribution >= 4 is 5.84 Å². The lowest BCUT2D eigenvalue weighted by molar-refractivity contribution is 0.128. The first kappa shape index (κ1) is 7.19. The minimum Gasteiger partial charge on any atom is -0.382 e. The monoisotopic (exact) mass is 171 g/mol. The van der Waals surface area contributed by atoms with E-state index < -0.39 is 12.7 Å². The van der Waals surface area contributed by atoms with Crippen LogP contribution in [0.15, 0.2) is 16.5 Å². The van der Waals surface area contributed by atoms with Gasteiger partial charge in [-0.1, -0.05) is 0 Å². The van der Waals surface area contributed by atoms with E-state index in [0.29, 0.717) is 11.5 Å². The van der Waals surface area contributed by atoms with Gasteiger partial charge in [-0.05, 0) is 0 Å². The van der Waals surface area contributed by atoms with Gasteiger partial charge in [0.15, 0.2) is 5.84 Å². The second kappa shape index (κ2) is 2.26. The van der Waals surface area contributed by atoms with Crippen molar-refractivity contribution in [2.75, 3.05) is 0 Å². The van der Waals surface area contributed by atoms with Crippen LogP contribution < -0.4 is 21.7 Å². The smallest absolute Gasteiger partial charge is 0.226 e. The Labute approximate surface area is 68.0 Å². The van der Waals surface area contributed by atoms with Gasteiger partial charge in [-0.25, -0.2) is 4.99 Å². The molecule has 0 aromatic rings. The molecule has 0 fully saturated rings. The first-order valence-corrected chi connectivity index (χ1v) is 3.40. The van der Waals surface area contributed by atoms with Crippen molar-refractivity contribution in [3.63, 3.8) is 0 Å². The summed E-state index contributed by atoms with van der Waals surface area (Å²) in [6.07, 6.45) is -1.94. The zero-order chi connectivity index (χ0) is 8.72. The average molecular weight is 171 g/mol. The Morgan fingerprint density at radius 3 is 2.75 bits per heavy atom. The number of hydrogen-bond donors (Lipinski definition) is 6. The number of amidine groups is 1. The van der Waals surface area contributed by atoms with Gasteiger partial charge in [0.1, 0.15) is 11.5 Å². The van der Waals surface area contributed by atoms with Crippen molar-refractivity contribution < 1.29 is 10.2 Å². The zero-order valence-electron chi connectivity index (χ0n) is 6.07. The molecule has 7 N–H and O–H groups in total. The standard InChI is InChI=1S/C5H9N5O2/c6-2-1-3(9-4(11)7-1)10-5(12)8-2/h4-5,7,9-12H,(H2,6,8). The Balaban J connectivity index is 2.27. The summed E-state index contributed by atoms with van der Waals surface area (Å²) in [7, 11) is 0. The van der Waals surface area contributed by atoms with E-state index in [4.69, 9.17) is 15.9 Å². The molecule has 2 unspecified atom stereocenters. The number of aliphatic imine (C=N–C) groups is 1. The van der Waals surface area contributed by atoms with E-state index in [1.54, 1.807) is 0 Å². The first-order valence-electron chi connectivity index (χ1n) is 3.40. The number of aliphatic hydroxyl groups excluding tert-OH is 2. The van der Waals surface area contributed by atoms with Gasteiger partial charge in [0.25, 0.3) is 0 Å².